The maximum atomic E-state index is 12.3. The zero-order chi connectivity index (χ0) is 14.5. The topological polar surface area (TPSA) is 38.8 Å². The van der Waals surface area contributed by atoms with Crippen molar-refractivity contribution >= 4 is 12.0 Å². The highest BCUT2D eigenvalue weighted by atomic mass is 16.5. The number of ether oxygens (including phenoxy) is 2. The molecule has 4 nitrogen and oxygen atoms in total. The van der Waals surface area contributed by atoms with E-state index in [0.717, 1.165) is 11.3 Å². The zero-order valence-electron chi connectivity index (χ0n) is 12.2. The van der Waals surface area contributed by atoms with Gasteiger partial charge in [0.2, 0.25) is 5.91 Å². The molecule has 2 atom stereocenters. The molecule has 0 aliphatic carbocycles. The summed E-state index contributed by atoms with van der Waals surface area (Å²) < 4.78 is 10.7. The van der Waals surface area contributed by atoms with Crippen LogP contribution in [0.2, 0.25) is 0 Å². The van der Waals surface area contributed by atoms with Gasteiger partial charge in [-0.15, -0.1) is 0 Å². The number of rotatable bonds is 3. The van der Waals surface area contributed by atoms with Gasteiger partial charge in [-0.25, -0.2) is 0 Å². The second-order valence-electron chi connectivity index (χ2n) is 5.06. The molecule has 0 N–H and O–H groups in total. The number of nitrogens with zero attached hydrogens (tertiary/aromatic N) is 1. The van der Waals surface area contributed by atoms with E-state index in [-0.39, 0.29) is 18.0 Å². The van der Waals surface area contributed by atoms with Crippen molar-refractivity contribution in [3.8, 4) is 5.75 Å². The molecule has 1 aromatic rings. The molecule has 0 saturated carbocycles. The number of para-hydroxylation sites is 1. The fourth-order valence-electron chi connectivity index (χ4n) is 2.49. The maximum absolute atomic E-state index is 12.3. The average Bonchev–Trinajstić information content (AvgIpc) is 2.45. The molecule has 0 spiro atoms. The van der Waals surface area contributed by atoms with Gasteiger partial charge in [0.05, 0.1) is 32.4 Å². The van der Waals surface area contributed by atoms with Crippen LogP contribution < -0.4 is 4.74 Å². The Kier molecular flexibility index (Phi) is 4.79. The number of benzene rings is 1. The van der Waals surface area contributed by atoms with Crippen molar-refractivity contribution in [2.45, 2.75) is 25.9 Å². The van der Waals surface area contributed by atoms with Crippen molar-refractivity contribution in [3.63, 3.8) is 0 Å². The van der Waals surface area contributed by atoms with E-state index < -0.39 is 0 Å². The summed E-state index contributed by atoms with van der Waals surface area (Å²) in [5.74, 6) is 0.777. The number of carbonyl (C=O) groups excluding carboxylic acids is 1. The van der Waals surface area contributed by atoms with E-state index in [4.69, 9.17) is 9.47 Å². The van der Waals surface area contributed by atoms with Crippen LogP contribution in [-0.2, 0) is 9.53 Å². The number of morpholine rings is 1. The average molecular weight is 275 g/mol. The van der Waals surface area contributed by atoms with Gasteiger partial charge in [-0.1, -0.05) is 18.2 Å². The first-order chi connectivity index (χ1) is 9.63. The highest BCUT2D eigenvalue weighted by Crippen LogP contribution is 2.19. The lowest BCUT2D eigenvalue weighted by molar-refractivity contribution is -0.138. The van der Waals surface area contributed by atoms with Crippen molar-refractivity contribution in [2.24, 2.45) is 0 Å². The summed E-state index contributed by atoms with van der Waals surface area (Å²) in [7, 11) is 1.63. The van der Waals surface area contributed by atoms with Crippen LogP contribution in [0.1, 0.15) is 19.4 Å². The van der Waals surface area contributed by atoms with Crippen molar-refractivity contribution in [1.29, 1.82) is 0 Å². The van der Waals surface area contributed by atoms with Crippen molar-refractivity contribution < 1.29 is 14.3 Å². The van der Waals surface area contributed by atoms with Crippen LogP contribution in [0.3, 0.4) is 0 Å². The number of amides is 1. The van der Waals surface area contributed by atoms with Crippen LogP contribution in [0.15, 0.2) is 30.3 Å². The molecule has 4 heteroatoms. The fourth-order valence-corrected chi connectivity index (χ4v) is 2.49. The predicted octanol–water partition coefficient (Wildman–Crippen LogP) is 2.34. The molecule has 1 amide bonds. The van der Waals surface area contributed by atoms with Gasteiger partial charge in [0.15, 0.2) is 0 Å². The monoisotopic (exact) mass is 275 g/mol. The normalized spacial score (nSPS) is 23.1. The molecule has 1 aliphatic rings. The molecule has 0 aromatic heterocycles. The Morgan fingerprint density at radius 1 is 1.30 bits per heavy atom. The lowest BCUT2D eigenvalue weighted by Crippen LogP contribution is -2.51. The summed E-state index contributed by atoms with van der Waals surface area (Å²) in [6.07, 6.45) is 3.41. The van der Waals surface area contributed by atoms with Crippen LogP contribution in [0.4, 0.5) is 0 Å². The molecule has 2 rings (SSSR count). The van der Waals surface area contributed by atoms with Gasteiger partial charge in [0.1, 0.15) is 5.75 Å². The van der Waals surface area contributed by atoms with Crippen molar-refractivity contribution in [3.05, 3.63) is 35.9 Å². The highest BCUT2D eigenvalue weighted by Gasteiger charge is 2.28. The Balaban J connectivity index is 2.12. The molecular weight excluding hydrogens is 254 g/mol. The van der Waals surface area contributed by atoms with Gasteiger partial charge in [-0.3, -0.25) is 4.79 Å². The molecule has 1 aromatic carbocycles. The Morgan fingerprint density at radius 3 is 2.60 bits per heavy atom. The van der Waals surface area contributed by atoms with E-state index in [1.54, 1.807) is 19.3 Å². The summed E-state index contributed by atoms with van der Waals surface area (Å²) in [5, 5.41) is 0. The number of hydrogen-bond acceptors (Lipinski definition) is 3. The first-order valence-corrected chi connectivity index (χ1v) is 6.84. The SMILES string of the molecule is COc1ccccc1/C=C/C(=O)N1[C@H](C)COC[C@@H]1C. The molecule has 1 fully saturated rings. The molecule has 108 valence electrons. The van der Waals surface area contributed by atoms with E-state index in [9.17, 15) is 4.79 Å². The maximum Gasteiger partial charge on any atom is 0.247 e. The summed E-state index contributed by atoms with van der Waals surface area (Å²) in [6.45, 7) is 5.20. The first-order valence-electron chi connectivity index (χ1n) is 6.84. The third-order valence-electron chi connectivity index (χ3n) is 3.47. The smallest absolute Gasteiger partial charge is 0.247 e. The summed E-state index contributed by atoms with van der Waals surface area (Å²) in [4.78, 5) is 14.2. The second-order valence-corrected chi connectivity index (χ2v) is 5.06. The summed E-state index contributed by atoms with van der Waals surface area (Å²) in [5.41, 5.74) is 0.900. The van der Waals surface area contributed by atoms with E-state index in [1.165, 1.54) is 0 Å². The number of methoxy groups -OCH3 is 1. The molecule has 0 radical (unpaired) electrons. The third-order valence-corrected chi connectivity index (χ3v) is 3.47. The Hall–Kier alpha value is -1.81. The molecule has 1 aliphatic heterocycles. The molecule has 1 heterocycles. The quantitative estimate of drug-likeness (QED) is 0.795. The molecular formula is C16H21NO3. The largest absolute Gasteiger partial charge is 0.496 e. The Labute approximate surface area is 120 Å². The predicted molar refractivity (Wildman–Crippen MR) is 78.6 cm³/mol. The minimum Gasteiger partial charge on any atom is -0.496 e. The van der Waals surface area contributed by atoms with Gasteiger partial charge >= 0.3 is 0 Å². The van der Waals surface area contributed by atoms with E-state index in [2.05, 4.69) is 0 Å². The Bertz CT molecular complexity index is 488. The van der Waals surface area contributed by atoms with Gasteiger partial charge < -0.3 is 14.4 Å². The number of carbonyl (C=O) groups is 1. The summed E-state index contributed by atoms with van der Waals surface area (Å²) in [6, 6.07) is 7.84. The van der Waals surface area contributed by atoms with Gasteiger partial charge in [-0.2, -0.15) is 0 Å². The van der Waals surface area contributed by atoms with E-state index in [1.807, 2.05) is 43.0 Å². The first kappa shape index (κ1) is 14.6. The number of hydrogen-bond donors (Lipinski definition) is 0. The molecule has 0 unspecified atom stereocenters. The van der Waals surface area contributed by atoms with Crippen molar-refractivity contribution in [1.82, 2.24) is 4.90 Å². The standard InChI is InChI=1S/C16H21NO3/c1-12-10-20-11-13(2)17(12)16(18)9-8-14-6-4-5-7-15(14)19-3/h4-9,12-13H,10-11H2,1-3H3/b9-8+/t12-,13+. The lowest BCUT2D eigenvalue weighted by Gasteiger charge is -2.38. The van der Waals surface area contributed by atoms with Gasteiger partial charge in [0, 0.05) is 11.6 Å². The van der Waals surface area contributed by atoms with Crippen molar-refractivity contribution in [2.75, 3.05) is 20.3 Å². The minimum absolute atomic E-state index is 0.0132. The van der Waals surface area contributed by atoms with Crippen LogP contribution in [-0.4, -0.2) is 43.2 Å². The highest BCUT2D eigenvalue weighted by molar-refractivity contribution is 5.92. The van der Waals surface area contributed by atoms with Crippen LogP contribution in [0, 0.1) is 0 Å². The summed E-state index contributed by atoms with van der Waals surface area (Å²) >= 11 is 0. The van der Waals surface area contributed by atoms with Crippen LogP contribution >= 0.6 is 0 Å². The minimum atomic E-state index is 0.0132. The van der Waals surface area contributed by atoms with E-state index >= 15 is 0 Å². The third kappa shape index (κ3) is 3.20. The van der Waals surface area contributed by atoms with Crippen LogP contribution in [0.25, 0.3) is 6.08 Å². The van der Waals surface area contributed by atoms with Crippen LogP contribution in [0.5, 0.6) is 5.75 Å². The fraction of sp³-hybridized carbons (Fsp3) is 0.438. The zero-order valence-corrected chi connectivity index (χ0v) is 12.2. The molecule has 20 heavy (non-hydrogen) atoms. The lowest BCUT2D eigenvalue weighted by atomic mass is 10.1. The van der Waals surface area contributed by atoms with Gasteiger partial charge in [0.25, 0.3) is 0 Å². The van der Waals surface area contributed by atoms with Gasteiger partial charge in [-0.05, 0) is 26.0 Å². The molecule has 0 bridgehead atoms. The Morgan fingerprint density at radius 2 is 1.95 bits per heavy atom. The van der Waals surface area contributed by atoms with E-state index in [0.29, 0.717) is 13.2 Å². The molecule has 1 saturated heterocycles. The second kappa shape index (κ2) is 6.57.